The third kappa shape index (κ3) is 32.1. The number of hydrogen-bond donors (Lipinski definition) is 0. The van der Waals surface area contributed by atoms with Crippen LogP contribution in [0.3, 0.4) is 0 Å². The molecule has 1 rings (SSSR count). The molecule has 0 saturated carbocycles. The number of ether oxygens (including phenoxy) is 1. The zero-order chi connectivity index (χ0) is 20.4. The first-order valence-electron chi connectivity index (χ1n) is 5.64. The standard InChI is InChI=1S/C12H14O.5CO.Cr/c1-11(2)13-10-6-9-12-7-4-3-5-8-12;5*1-2;/h3-9,11H,1-2H3;;;;;;/b9-6+;;;;;;. The second-order valence-corrected chi connectivity index (χ2v) is 3.86. The molecule has 0 heterocycles. The van der Waals surface area contributed by atoms with Gasteiger partial charge < -0.3 is 0 Å². The van der Waals surface area contributed by atoms with Crippen LogP contribution in [0.15, 0.2) is 36.4 Å². The van der Waals surface area contributed by atoms with E-state index in [9.17, 15) is 0 Å². The molecule has 0 aliphatic rings. The van der Waals surface area contributed by atoms with E-state index in [-0.39, 0.29) is 6.10 Å². The summed E-state index contributed by atoms with van der Waals surface area (Å²) in [7, 11) is 0. The Balaban J connectivity index is -0.000000103. The van der Waals surface area contributed by atoms with Gasteiger partial charge in [-0.15, -0.1) is 0 Å². The van der Waals surface area contributed by atoms with Gasteiger partial charge in [-0.25, -0.2) is 0 Å². The molecule has 6 nitrogen and oxygen atoms in total. The molecule has 1 aromatic carbocycles. The van der Waals surface area contributed by atoms with E-state index in [0.29, 0.717) is 0 Å². The van der Waals surface area contributed by atoms with Crippen molar-refractivity contribution in [1.82, 2.24) is 0 Å². The van der Waals surface area contributed by atoms with Crippen molar-refractivity contribution in [3.8, 4) is 0 Å². The second kappa shape index (κ2) is 37.3. The molecule has 1 aromatic rings. The summed E-state index contributed by atoms with van der Waals surface area (Å²) in [6.07, 6.45) is 4.18. The summed E-state index contributed by atoms with van der Waals surface area (Å²) >= 11 is 2.89. The Bertz CT molecular complexity index is 475. The van der Waals surface area contributed by atoms with Crippen LogP contribution in [-0.4, -0.2) is 10.7 Å². The van der Waals surface area contributed by atoms with Crippen LogP contribution in [0.2, 0.25) is 0 Å². The summed E-state index contributed by atoms with van der Waals surface area (Å²) < 4.78 is 43.8. The SMILES string of the molecule is CC(C)O[C](=[Cr])/C=C/c1ccccc1.[C-]#[O+].[C-]#[O+].[C-]#[O+].[C-]#[O+].[C-]#[O+]. The molecule has 0 radical (unpaired) electrons. The zero-order valence-electron chi connectivity index (χ0n) is 13.0. The molecule has 0 saturated heterocycles. The van der Waals surface area contributed by atoms with Gasteiger partial charge in [-0.2, -0.15) is 0 Å². The topological polar surface area (TPSA) is 109 Å². The van der Waals surface area contributed by atoms with E-state index in [1.54, 1.807) is 0 Å². The zero-order valence-corrected chi connectivity index (χ0v) is 14.3. The molecule has 24 heavy (non-hydrogen) atoms. The Morgan fingerprint density at radius 3 is 1.58 bits per heavy atom. The van der Waals surface area contributed by atoms with Crippen LogP contribution in [0.1, 0.15) is 19.4 Å². The van der Waals surface area contributed by atoms with Gasteiger partial charge in [0.15, 0.2) is 0 Å². The van der Waals surface area contributed by atoms with Gasteiger partial charge in [0, 0.05) is 0 Å². The molecule has 0 bridgehead atoms. The fraction of sp³-hybridized carbons (Fsp3) is 0.176. The monoisotopic (exact) mass is 366 g/mol. The molecule has 0 unspecified atom stereocenters. The first-order valence-corrected chi connectivity index (χ1v) is 6.28. The minimum absolute atomic E-state index is 0.215. The Kier molecular flexibility index (Phi) is 52.3. The second-order valence-electron chi connectivity index (χ2n) is 3.23. The van der Waals surface area contributed by atoms with Crippen LogP contribution in [-0.2, 0) is 43.8 Å². The van der Waals surface area contributed by atoms with Gasteiger partial charge in [0.25, 0.3) is 0 Å². The van der Waals surface area contributed by atoms with Crippen LogP contribution in [0.5, 0.6) is 0 Å². The van der Waals surface area contributed by atoms with Crippen LogP contribution in [0.25, 0.3) is 6.08 Å². The van der Waals surface area contributed by atoms with Crippen molar-refractivity contribution >= 4 is 10.6 Å². The Morgan fingerprint density at radius 2 is 1.25 bits per heavy atom. The van der Waals surface area contributed by atoms with E-state index < -0.39 is 0 Å². The Morgan fingerprint density at radius 1 is 0.875 bits per heavy atom. The predicted octanol–water partition coefficient (Wildman–Crippen LogP) is 2.61. The van der Waals surface area contributed by atoms with E-state index in [0.717, 1.165) is 4.57 Å². The molecule has 0 atom stereocenters. The van der Waals surface area contributed by atoms with Gasteiger partial charge >= 0.3 is 150 Å². The van der Waals surface area contributed by atoms with Crippen molar-refractivity contribution in [2.75, 3.05) is 0 Å². The molecule has 0 aliphatic carbocycles. The summed E-state index contributed by atoms with van der Waals surface area (Å²) in [5.41, 5.74) is 1.17. The van der Waals surface area contributed by atoms with Crippen LogP contribution >= 0.6 is 0 Å². The van der Waals surface area contributed by atoms with Gasteiger partial charge in [-0.05, 0) is 0 Å². The summed E-state index contributed by atoms with van der Waals surface area (Å²) in [5.74, 6) is 0. The Labute approximate surface area is 150 Å². The fourth-order valence-corrected chi connectivity index (χ4v) is 1.41. The quantitative estimate of drug-likeness (QED) is 0.592. The molecule has 0 amide bonds. The maximum absolute atomic E-state index is 7.50. The molecule has 0 aromatic heterocycles. The summed E-state index contributed by atoms with van der Waals surface area (Å²) in [4.78, 5) is 0. The van der Waals surface area contributed by atoms with Crippen molar-refractivity contribution < 1.29 is 43.8 Å². The van der Waals surface area contributed by atoms with Gasteiger partial charge in [-0.1, -0.05) is 0 Å². The van der Waals surface area contributed by atoms with E-state index >= 15 is 0 Å². The van der Waals surface area contributed by atoms with E-state index in [4.69, 9.17) is 28.0 Å². The summed E-state index contributed by atoms with van der Waals surface area (Å²) in [6, 6.07) is 10.1. The van der Waals surface area contributed by atoms with Gasteiger partial charge in [0.1, 0.15) is 0 Å². The third-order valence-electron chi connectivity index (χ3n) is 1.56. The van der Waals surface area contributed by atoms with Gasteiger partial charge in [-0.3, -0.25) is 0 Å². The molecular formula is C17H14CrO6. The van der Waals surface area contributed by atoms with Crippen molar-refractivity contribution in [2.24, 2.45) is 0 Å². The average Bonchev–Trinajstić information content (AvgIpc) is 2.68. The molecule has 0 spiro atoms. The number of hydrogen-bond acceptors (Lipinski definition) is 1. The maximum atomic E-state index is 7.50. The van der Waals surface area contributed by atoms with E-state index in [1.165, 1.54) is 5.56 Å². The molecule has 0 N–H and O–H groups in total. The number of rotatable bonds is 4. The van der Waals surface area contributed by atoms with Gasteiger partial charge in [0.05, 0.1) is 0 Å². The molecule has 7 heteroatoms. The first-order chi connectivity index (χ1) is 11.7. The van der Waals surface area contributed by atoms with Crippen molar-refractivity contribution in [3.63, 3.8) is 0 Å². The Hall–Kier alpha value is -1.98. The van der Waals surface area contributed by atoms with E-state index in [2.05, 4.69) is 61.2 Å². The molecule has 124 valence electrons. The van der Waals surface area contributed by atoms with Crippen molar-refractivity contribution in [3.05, 3.63) is 75.2 Å². The third-order valence-corrected chi connectivity index (χ3v) is 1.93. The van der Waals surface area contributed by atoms with Crippen molar-refractivity contribution in [2.45, 2.75) is 20.0 Å². The predicted molar refractivity (Wildman–Crippen MR) is 76.4 cm³/mol. The van der Waals surface area contributed by atoms with Gasteiger partial charge in [0.2, 0.25) is 0 Å². The summed E-state index contributed by atoms with van der Waals surface area (Å²) in [5, 5.41) is 0. The minimum atomic E-state index is 0.215. The molecule has 0 aliphatic heterocycles. The average molecular weight is 366 g/mol. The van der Waals surface area contributed by atoms with Crippen LogP contribution in [0.4, 0.5) is 0 Å². The molecular weight excluding hydrogens is 352 g/mol. The van der Waals surface area contributed by atoms with Crippen LogP contribution in [0, 0.1) is 33.3 Å². The fourth-order valence-electron chi connectivity index (χ4n) is 1.00. The van der Waals surface area contributed by atoms with E-state index in [1.807, 2.05) is 44.2 Å². The molecule has 0 fully saturated rings. The number of benzene rings is 1. The van der Waals surface area contributed by atoms with Crippen molar-refractivity contribution in [1.29, 1.82) is 0 Å². The first kappa shape index (κ1) is 33.6. The normalized spacial score (nSPS) is 6.88. The summed E-state index contributed by atoms with van der Waals surface area (Å²) in [6.45, 7) is 26.5. The van der Waals surface area contributed by atoms with Crippen LogP contribution < -0.4 is 0 Å².